The summed E-state index contributed by atoms with van der Waals surface area (Å²) in [5.74, 6) is 1.02. The number of carbonyl (C=O) groups excluding carboxylic acids is 1. The molecule has 0 bridgehead atoms. The minimum absolute atomic E-state index is 0.0372. The number of thioether (sulfide) groups is 1. The maximum absolute atomic E-state index is 11.5. The summed E-state index contributed by atoms with van der Waals surface area (Å²) < 4.78 is 0. The highest BCUT2D eigenvalue weighted by Crippen LogP contribution is 2.35. The lowest BCUT2D eigenvalue weighted by atomic mass is 10.0. The Kier molecular flexibility index (Phi) is 4.28. The zero-order valence-electron chi connectivity index (χ0n) is 9.48. The van der Waals surface area contributed by atoms with Crippen LogP contribution in [0.3, 0.4) is 0 Å². The van der Waals surface area contributed by atoms with Gasteiger partial charge in [0.1, 0.15) is 0 Å². The normalized spacial score (nSPS) is 18.3. The van der Waals surface area contributed by atoms with Crippen molar-refractivity contribution >= 4 is 17.8 Å². The summed E-state index contributed by atoms with van der Waals surface area (Å²) in [6, 6.07) is 8.00. The number of fused-ring (bicyclic) bond motifs is 1. The molecule has 0 aromatic heterocycles. The largest absolute Gasteiger partial charge is 0.395 e. The molecule has 1 aliphatic rings. The van der Waals surface area contributed by atoms with Crippen LogP contribution in [0.1, 0.15) is 18.0 Å². The molecule has 1 atom stereocenters. The average molecular weight is 252 g/mol. The van der Waals surface area contributed by atoms with Gasteiger partial charge in [-0.2, -0.15) is 0 Å². The van der Waals surface area contributed by atoms with Crippen molar-refractivity contribution < 1.29 is 9.90 Å². The van der Waals surface area contributed by atoms with E-state index in [1.54, 1.807) is 0 Å². The first-order valence-electron chi connectivity index (χ1n) is 5.68. The topological polar surface area (TPSA) is 61.4 Å². The molecule has 0 unspecified atom stereocenters. The van der Waals surface area contributed by atoms with Gasteiger partial charge in [-0.15, -0.1) is 11.8 Å². The van der Waals surface area contributed by atoms with Crippen LogP contribution in [0.5, 0.6) is 0 Å². The van der Waals surface area contributed by atoms with Gasteiger partial charge in [0.2, 0.25) is 0 Å². The van der Waals surface area contributed by atoms with Crippen molar-refractivity contribution in [3.8, 4) is 0 Å². The molecular formula is C12H16N2O2S. The van der Waals surface area contributed by atoms with Crippen LogP contribution in [0, 0.1) is 0 Å². The average Bonchev–Trinajstić information content (AvgIpc) is 2.37. The molecule has 0 radical (unpaired) electrons. The lowest BCUT2D eigenvalue weighted by molar-refractivity contribution is 0.230. The molecule has 1 aromatic carbocycles. The van der Waals surface area contributed by atoms with E-state index in [1.165, 1.54) is 10.5 Å². The van der Waals surface area contributed by atoms with Crippen LogP contribution in [0.4, 0.5) is 4.79 Å². The number of carbonyl (C=O) groups is 1. The van der Waals surface area contributed by atoms with Crippen molar-refractivity contribution in [2.75, 3.05) is 18.9 Å². The Labute approximate surface area is 105 Å². The molecule has 3 N–H and O–H groups in total. The summed E-state index contributed by atoms with van der Waals surface area (Å²) in [5.41, 5.74) is 1.18. The molecule has 1 aromatic rings. The molecule has 17 heavy (non-hydrogen) atoms. The zero-order valence-corrected chi connectivity index (χ0v) is 10.3. The number of aliphatic hydroxyl groups is 1. The minimum atomic E-state index is -0.217. The Morgan fingerprint density at radius 3 is 3.12 bits per heavy atom. The van der Waals surface area contributed by atoms with E-state index in [4.69, 9.17) is 5.11 Å². The number of benzene rings is 1. The molecule has 1 heterocycles. The van der Waals surface area contributed by atoms with Gasteiger partial charge < -0.3 is 15.7 Å². The van der Waals surface area contributed by atoms with Gasteiger partial charge in [0.25, 0.3) is 0 Å². The predicted molar refractivity (Wildman–Crippen MR) is 68.1 cm³/mol. The molecule has 92 valence electrons. The summed E-state index contributed by atoms with van der Waals surface area (Å²) in [7, 11) is 0. The fraction of sp³-hybridized carbons (Fsp3) is 0.417. The lowest BCUT2D eigenvalue weighted by Crippen LogP contribution is -2.40. The monoisotopic (exact) mass is 252 g/mol. The van der Waals surface area contributed by atoms with Crippen LogP contribution in [-0.2, 0) is 0 Å². The van der Waals surface area contributed by atoms with E-state index in [2.05, 4.69) is 22.8 Å². The van der Waals surface area contributed by atoms with Crippen LogP contribution in [-0.4, -0.2) is 30.0 Å². The van der Waals surface area contributed by atoms with Gasteiger partial charge in [-0.1, -0.05) is 18.2 Å². The van der Waals surface area contributed by atoms with Gasteiger partial charge in [-0.05, 0) is 18.1 Å². The molecule has 2 amide bonds. The number of rotatable bonds is 3. The van der Waals surface area contributed by atoms with Gasteiger partial charge in [-0.25, -0.2) is 4.79 Å². The fourth-order valence-corrected chi connectivity index (χ4v) is 3.00. The van der Waals surface area contributed by atoms with Gasteiger partial charge in [0.15, 0.2) is 0 Å². The van der Waals surface area contributed by atoms with Gasteiger partial charge >= 0.3 is 6.03 Å². The van der Waals surface area contributed by atoms with Gasteiger partial charge in [0.05, 0.1) is 12.6 Å². The Bertz CT molecular complexity index is 398. The summed E-state index contributed by atoms with van der Waals surface area (Å²) in [4.78, 5) is 12.8. The molecule has 5 heteroatoms. The van der Waals surface area contributed by atoms with Crippen molar-refractivity contribution in [1.82, 2.24) is 10.6 Å². The number of amides is 2. The quantitative estimate of drug-likeness (QED) is 0.764. The second-order valence-corrected chi connectivity index (χ2v) is 4.99. The smallest absolute Gasteiger partial charge is 0.315 e. The Morgan fingerprint density at radius 1 is 1.47 bits per heavy atom. The minimum Gasteiger partial charge on any atom is -0.395 e. The van der Waals surface area contributed by atoms with Crippen molar-refractivity contribution in [1.29, 1.82) is 0 Å². The number of hydrogen-bond acceptors (Lipinski definition) is 3. The SMILES string of the molecule is O=C(NCCO)N[C@@H]1CCSc2ccccc21. The van der Waals surface area contributed by atoms with E-state index in [1.807, 2.05) is 23.9 Å². The molecule has 0 aliphatic carbocycles. The van der Waals surface area contributed by atoms with Crippen molar-refractivity contribution in [3.63, 3.8) is 0 Å². The molecule has 0 spiro atoms. The van der Waals surface area contributed by atoms with Crippen LogP contribution in [0.15, 0.2) is 29.2 Å². The lowest BCUT2D eigenvalue weighted by Gasteiger charge is -2.25. The summed E-state index contributed by atoms with van der Waals surface area (Å²) in [6.07, 6.45) is 0.939. The van der Waals surface area contributed by atoms with E-state index in [0.29, 0.717) is 0 Å². The highest BCUT2D eigenvalue weighted by molar-refractivity contribution is 7.99. The first-order valence-corrected chi connectivity index (χ1v) is 6.67. The van der Waals surface area contributed by atoms with Crippen molar-refractivity contribution in [3.05, 3.63) is 29.8 Å². The van der Waals surface area contributed by atoms with Crippen LogP contribution < -0.4 is 10.6 Å². The maximum atomic E-state index is 11.5. The molecule has 2 rings (SSSR count). The number of hydrogen-bond donors (Lipinski definition) is 3. The Morgan fingerprint density at radius 2 is 2.29 bits per heavy atom. The van der Waals surface area contributed by atoms with E-state index in [-0.39, 0.29) is 25.2 Å². The van der Waals surface area contributed by atoms with Gasteiger partial charge in [-0.3, -0.25) is 0 Å². The Hall–Kier alpha value is -1.20. The molecule has 0 fully saturated rings. The number of aliphatic hydroxyl groups excluding tert-OH is 1. The second kappa shape index (κ2) is 5.93. The summed E-state index contributed by atoms with van der Waals surface area (Å²) in [6.45, 7) is 0.249. The first-order chi connectivity index (χ1) is 8.31. The zero-order chi connectivity index (χ0) is 12.1. The standard InChI is InChI=1S/C12H16N2O2S/c15-7-6-13-12(16)14-10-5-8-17-11-4-2-1-3-9(10)11/h1-4,10,15H,5-8H2,(H2,13,14,16)/t10-/m1/s1. The van der Waals surface area contributed by atoms with E-state index >= 15 is 0 Å². The van der Waals surface area contributed by atoms with Crippen LogP contribution >= 0.6 is 11.8 Å². The van der Waals surface area contributed by atoms with Crippen molar-refractivity contribution in [2.45, 2.75) is 17.4 Å². The highest BCUT2D eigenvalue weighted by Gasteiger charge is 2.21. The summed E-state index contributed by atoms with van der Waals surface area (Å²) in [5, 5.41) is 14.2. The maximum Gasteiger partial charge on any atom is 0.315 e. The molecule has 1 aliphatic heterocycles. The van der Waals surface area contributed by atoms with Crippen LogP contribution in [0.2, 0.25) is 0 Å². The number of nitrogens with one attached hydrogen (secondary N) is 2. The van der Waals surface area contributed by atoms with E-state index < -0.39 is 0 Å². The van der Waals surface area contributed by atoms with Crippen LogP contribution in [0.25, 0.3) is 0 Å². The summed E-state index contributed by atoms with van der Waals surface area (Å²) >= 11 is 1.83. The first kappa shape index (κ1) is 12.3. The van der Waals surface area contributed by atoms with E-state index in [0.717, 1.165) is 12.2 Å². The molecule has 0 saturated carbocycles. The molecule has 0 saturated heterocycles. The Balaban J connectivity index is 2.01. The third-order valence-corrected chi connectivity index (χ3v) is 3.78. The number of urea groups is 1. The molecular weight excluding hydrogens is 236 g/mol. The predicted octanol–water partition coefficient (Wildman–Crippen LogP) is 1.52. The third kappa shape index (κ3) is 3.14. The third-order valence-electron chi connectivity index (χ3n) is 2.66. The highest BCUT2D eigenvalue weighted by atomic mass is 32.2. The molecule has 4 nitrogen and oxygen atoms in total. The van der Waals surface area contributed by atoms with E-state index in [9.17, 15) is 4.79 Å². The van der Waals surface area contributed by atoms with Gasteiger partial charge in [0, 0.05) is 17.2 Å². The fourth-order valence-electron chi connectivity index (χ4n) is 1.87. The van der Waals surface area contributed by atoms with Crippen molar-refractivity contribution in [2.24, 2.45) is 0 Å². The second-order valence-electron chi connectivity index (χ2n) is 3.85.